The lowest BCUT2D eigenvalue weighted by molar-refractivity contribution is 0.471. The Balaban J connectivity index is 0.000000371. The van der Waals surface area contributed by atoms with Gasteiger partial charge in [-0.1, -0.05) is 18.2 Å². The smallest absolute Gasteiger partial charge is 0.277 e. The fraction of sp³-hybridized carbons (Fsp3) is 0.143. The van der Waals surface area contributed by atoms with E-state index < -0.39 is 0 Å². The summed E-state index contributed by atoms with van der Waals surface area (Å²) in [4.78, 5) is 0. The Hall–Kier alpha value is -0.955. The second kappa shape index (κ2) is 4.88. The highest BCUT2D eigenvalue weighted by molar-refractivity contribution is 5.95. The summed E-state index contributed by atoms with van der Waals surface area (Å²) >= 11 is 0. The lowest BCUT2D eigenvalue weighted by Crippen LogP contribution is -1.68. The van der Waals surface area contributed by atoms with Gasteiger partial charge in [-0.2, -0.15) is 0 Å². The highest BCUT2D eigenvalue weighted by Crippen LogP contribution is 2.12. The van der Waals surface area contributed by atoms with Gasteiger partial charge in [0.1, 0.15) is 5.75 Å². The number of aryl methyl sites for hydroxylation is 1. The van der Waals surface area contributed by atoms with Gasteiger partial charge in [0, 0.05) is 0 Å². The van der Waals surface area contributed by atoms with Crippen LogP contribution in [0.3, 0.4) is 0 Å². The minimum Gasteiger partial charge on any atom is -0.508 e. The summed E-state index contributed by atoms with van der Waals surface area (Å²) in [7, 11) is 3.50. The molecule has 0 saturated heterocycles. The van der Waals surface area contributed by atoms with E-state index in [9.17, 15) is 0 Å². The molecule has 2 N–H and O–H groups in total. The number of phenolic OH excluding ortho intramolecular Hbond substituents is 1. The van der Waals surface area contributed by atoms with Crippen LogP contribution in [0.25, 0.3) is 0 Å². The lowest BCUT2D eigenvalue weighted by Gasteiger charge is -1.92. The third-order valence-corrected chi connectivity index (χ3v) is 1.12. The van der Waals surface area contributed by atoms with Crippen LogP contribution in [0.4, 0.5) is 0 Å². The molecule has 1 rings (SSSR count). The standard InChI is InChI=1S/C7H8O.BHO/c1-6-4-2-3-5-7(6)8;1-2/h2-5,8H,1H3;2H. The predicted molar refractivity (Wildman–Crippen MR) is 40.8 cm³/mol. The summed E-state index contributed by atoms with van der Waals surface area (Å²) in [5.74, 6) is 0.368. The quantitative estimate of drug-likeness (QED) is 0.517. The summed E-state index contributed by atoms with van der Waals surface area (Å²) < 4.78 is 0. The fourth-order valence-electron chi connectivity index (χ4n) is 0.563. The van der Waals surface area contributed by atoms with Gasteiger partial charge in [-0.05, 0) is 18.6 Å². The molecule has 3 heteroatoms. The van der Waals surface area contributed by atoms with Crippen molar-refractivity contribution in [3.63, 3.8) is 0 Å². The van der Waals surface area contributed by atoms with E-state index in [1.807, 2.05) is 25.1 Å². The molecule has 0 atom stereocenters. The van der Waals surface area contributed by atoms with Gasteiger partial charge in [0.05, 0.1) is 0 Å². The summed E-state index contributed by atoms with van der Waals surface area (Å²) in [5.41, 5.74) is 0.924. The molecule has 0 saturated carbocycles. The van der Waals surface area contributed by atoms with E-state index in [2.05, 4.69) is 8.05 Å². The third kappa shape index (κ3) is 2.55. The first-order valence-corrected chi connectivity index (χ1v) is 2.81. The van der Waals surface area contributed by atoms with Crippen molar-refractivity contribution in [1.29, 1.82) is 0 Å². The van der Waals surface area contributed by atoms with Crippen LogP contribution in [0.1, 0.15) is 5.56 Å². The van der Waals surface area contributed by atoms with E-state index in [0.717, 1.165) is 5.56 Å². The molecule has 0 heterocycles. The number of rotatable bonds is 0. The van der Waals surface area contributed by atoms with Crippen molar-refractivity contribution in [2.24, 2.45) is 0 Å². The maximum atomic E-state index is 8.92. The second-order valence-electron chi connectivity index (χ2n) is 1.79. The van der Waals surface area contributed by atoms with Gasteiger partial charge in [-0.3, -0.25) is 0 Å². The fourth-order valence-corrected chi connectivity index (χ4v) is 0.563. The van der Waals surface area contributed by atoms with Gasteiger partial charge in [0.15, 0.2) is 0 Å². The molecule has 1 aromatic carbocycles. The molecular weight excluding hydrogens is 127 g/mol. The number of phenols is 1. The van der Waals surface area contributed by atoms with Crippen LogP contribution in [0.5, 0.6) is 5.75 Å². The van der Waals surface area contributed by atoms with Crippen molar-refractivity contribution in [2.45, 2.75) is 6.92 Å². The van der Waals surface area contributed by atoms with E-state index in [1.54, 1.807) is 6.07 Å². The monoisotopic (exact) mass is 136 g/mol. The van der Waals surface area contributed by atoms with Crippen molar-refractivity contribution >= 4 is 8.05 Å². The zero-order valence-electron chi connectivity index (χ0n) is 5.78. The average molecular weight is 136 g/mol. The normalized spacial score (nSPS) is 7.80. The molecule has 0 aliphatic heterocycles. The molecule has 2 radical (unpaired) electrons. The van der Waals surface area contributed by atoms with Crippen LogP contribution >= 0.6 is 0 Å². The molecule has 10 heavy (non-hydrogen) atoms. The highest BCUT2D eigenvalue weighted by Gasteiger charge is 1.86. The van der Waals surface area contributed by atoms with Crippen molar-refractivity contribution in [3.8, 4) is 5.75 Å². The molecule has 2 nitrogen and oxygen atoms in total. The molecule has 0 unspecified atom stereocenters. The van der Waals surface area contributed by atoms with Crippen LogP contribution in [0, 0.1) is 6.92 Å². The zero-order valence-corrected chi connectivity index (χ0v) is 5.78. The molecule has 0 aromatic heterocycles. The molecule has 0 bridgehead atoms. The van der Waals surface area contributed by atoms with Crippen LogP contribution in [0.2, 0.25) is 0 Å². The summed E-state index contributed by atoms with van der Waals surface area (Å²) in [6, 6.07) is 7.25. The van der Waals surface area contributed by atoms with Gasteiger partial charge in [0.25, 0.3) is 8.05 Å². The number of benzene rings is 1. The lowest BCUT2D eigenvalue weighted by atomic mass is 10.2. The van der Waals surface area contributed by atoms with E-state index in [1.165, 1.54) is 0 Å². The van der Waals surface area contributed by atoms with Crippen LogP contribution in [-0.2, 0) is 0 Å². The summed E-state index contributed by atoms with van der Waals surface area (Å²) in [6.45, 7) is 1.87. The summed E-state index contributed by atoms with van der Waals surface area (Å²) in [5, 5.41) is 15.4. The van der Waals surface area contributed by atoms with Gasteiger partial charge in [-0.15, -0.1) is 0 Å². The average Bonchev–Trinajstić information content (AvgIpc) is 2.00. The highest BCUT2D eigenvalue weighted by atomic mass is 16.3. The Morgan fingerprint density at radius 3 is 2.00 bits per heavy atom. The maximum Gasteiger partial charge on any atom is 0.277 e. The second-order valence-corrected chi connectivity index (χ2v) is 1.79. The summed E-state index contributed by atoms with van der Waals surface area (Å²) in [6.07, 6.45) is 0. The van der Waals surface area contributed by atoms with Crippen LogP contribution in [0.15, 0.2) is 24.3 Å². The van der Waals surface area contributed by atoms with Crippen molar-refractivity contribution < 1.29 is 10.1 Å². The Morgan fingerprint density at radius 2 is 1.70 bits per heavy atom. The molecule has 0 aliphatic carbocycles. The Morgan fingerprint density at radius 1 is 1.20 bits per heavy atom. The van der Waals surface area contributed by atoms with E-state index in [4.69, 9.17) is 10.1 Å². The van der Waals surface area contributed by atoms with Crippen molar-refractivity contribution in [3.05, 3.63) is 29.8 Å². The van der Waals surface area contributed by atoms with Crippen molar-refractivity contribution in [1.82, 2.24) is 0 Å². The first kappa shape index (κ1) is 9.04. The van der Waals surface area contributed by atoms with Gasteiger partial charge in [0.2, 0.25) is 0 Å². The number of hydrogen-bond acceptors (Lipinski definition) is 2. The van der Waals surface area contributed by atoms with E-state index in [-0.39, 0.29) is 0 Å². The van der Waals surface area contributed by atoms with E-state index >= 15 is 0 Å². The first-order chi connectivity index (χ1) is 4.80. The zero-order chi connectivity index (χ0) is 7.98. The Labute approximate surface area is 61.6 Å². The molecule has 52 valence electrons. The van der Waals surface area contributed by atoms with Crippen molar-refractivity contribution in [2.75, 3.05) is 0 Å². The Bertz CT molecular complexity index is 168. The third-order valence-electron chi connectivity index (χ3n) is 1.12. The van der Waals surface area contributed by atoms with Crippen LogP contribution in [-0.4, -0.2) is 18.2 Å². The van der Waals surface area contributed by atoms with Gasteiger partial charge >= 0.3 is 0 Å². The Kier molecular flexibility index (Phi) is 4.41. The molecular formula is C7H9BO2. The van der Waals surface area contributed by atoms with Crippen LogP contribution < -0.4 is 0 Å². The first-order valence-electron chi connectivity index (χ1n) is 2.81. The van der Waals surface area contributed by atoms with Gasteiger partial charge < -0.3 is 10.1 Å². The molecule has 0 fully saturated rings. The number of aromatic hydroxyl groups is 1. The molecule has 0 amide bonds. The topological polar surface area (TPSA) is 40.5 Å². The predicted octanol–water partition coefficient (Wildman–Crippen LogP) is 0.763. The molecule has 0 aliphatic rings. The molecule has 0 spiro atoms. The van der Waals surface area contributed by atoms with Gasteiger partial charge in [-0.25, -0.2) is 0 Å². The largest absolute Gasteiger partial charge is 0.508 e. The minimum atomic E-state index is 0.368. The number of para-hydroxylation sites is 1. The maximum absolute atomic E-state index is 8.92. The minimum absolute atomic E-state index is 0.368. The number of hydrogen-bond donors (Lipinski definition) is 2. The molecule has 1 aromatic rings. The van der Waals surface area contributed by atoms with E-state index in [0.29, 0.717) is 5.75 Å². The SMILES string of the molecule is Cc1ccccc1O.[B]O.